The molecule has 0 amide bonds. The predicted molar refractivity (Wildman–Crippen MR) is 51.9 cm³/mol. The summed E-state index contributed by atoms with van der Waals surface area (Å²) in [5.74, 6) is 0.227. The number of allylic oxidation sites excluding steroid dienone is 1. The molecule has 0 bridgehead atoms. The minimum atomic E-state index is -0.297. The van der Waals surface area contributed by atoms with Crippen molar-refractivity contribution in [1.82, 2.24) is 0 Å². The Bertz CT molecular complexity index is 151. The summed E-state index contributed by atoms with van der Waals surface area (Å²) in [4.78, 5) is 11.6. The molecule has 0 spiro atoms. The summed E-state index contributed by atoms with van der Waals surface area (Å²) in [5.41, 5.74) is 5.31. The molecule has 0 aliphatic carbocycles. The highest BCUT2D eigenvalue weighted by Gasteiger charge is 2.31. The Morgan fingerprint density at radius 3 is 2.25 bits per heavy atom. The Morgan fingerprint density at radius 2 is 2.00 bits per heavy atom. The number of ketones is 1. The molecule has 0 atom stereocenters. The molecule has 0 saturated heterocycles. The van der Waals surface area contributed by atoms with Crippen molar-refractivity contribution in [2.24, 2.45) is 11.1 Å². The third-order valence-corrected chi connectivity index (χ3v) is 2.67. The first-order chi connectivity index (χ1) is 5.66. The third-order valence-electron chi connectivity index (χ3n) is 2.67. The summed E-state index contributed by atoms with van der Waals surface area (Å²) in [6, 6.07) is 0. The van der Waals surface area contributed by atoms with E-state index in [1.54, 1.807) is 6.08 Å². The Morgan fingerprint density at radius 1 is 1.50 bits per heavy atom. The lowest BCUT2D eigenvalue weighted by Crippen LogP contribution is -2.37. The first kappa shape index (κ1) is 11.4. The maximum Gasteiger partial charge on any atom is 0.144 e. The second-order valence-corrected chi connectivity index (χ2v) is 3.11. The summed E-state index contributed by atoms with van der Waals surface area (Å²) >= 11 is 0. The van der Waals surface area contributed by atoms with Crippen LogP contribution in [-0.4, -0.2) is 12.3 Å². The van der Waals surface area contributed by atoms with Crippen molar-refractivity contribution in [3.05, 3.63) is 12.7 Å². The second-order valence-electron chi connectivity index (χ2n) is 3.11. The molecule has 0 saturated carbocycles. The van der Waals surface area contributed by atoms with Crippen LogP contribution in [0.1, 0.15) is 33.1 Å². The minimum Gasteiger partial charge on any atom is -0.329 e. The lowest BCUT2D eigenvalue weighted by molar-refractivity contribution is -0.127. The van der Waals surface area contributed by atoms with Gasteiger partial charge in [-0.15, -0.1) is 6.58 Å². The van der Waals surface area contributed by atoms with Gasteiger partial charge in [0.05, 0.1) is 0 Å². The van der Waals surface area contributed by atoms with Gasteiger partial charge in [0.2, 0.25) is 0 Å². The summed E-state index contributed by atoms with van der Waals surface area (Å²) in [6.07, 6.45) is 3.75. The lowest BCUT2D eigenvalue weighted by atomic mass is 9.77. The van der Waals surface area contributed by atoms with Crippen LogP contribution in [0.4, 0.5) is 0 Å². The van der Waals surface area contributed by atoms with Gasteiger partial charge in [-0.2, -0.15) is 0 Å². The Labute approximate surface area is 74.8 Å². The molecule has 12 heavy (non-hydrogen) atoms. The fraction of sp³-hybridized carbons (Fsp3) is 0.700. The third kappa shape index (κ3) is 2.18. The highest BCUT2D eigenvalue weighted by Crippen LogP contribution is 2.27. The molecule has 0 aromatic rings. The van der Waals surface area contributed by atoms with Crippen molar-refractivity contribution in [3.63, 3.8) is 0 Å². The molecule has 2 heteroatoms. The Hall–Kier alpha value is -0.630. The summed E-state index contributed by atoms with van der Waals surface area (Å²) in [5, 5.41) is 0. The maximum atomic E-state index is 11.6. The molecule has 2 N–H and O–H groups in total. The van der Waals surface area contributed by atoms with Gasteiger partial charge in [-0.25, -0.2) is 0 Å². The standard InChI is InChI=1S/C10H19NO/c1-4-7-9(12)10(5-2,6-3)8-11/h4H,1,5-8,11H2,2-3H3. The molecule has 0 radical (unpaired) electrons. The van der Waals surface area contributed by atoms with Crippen LogP contribution in [-0.2, 0) is 4.79 Å². The van der Waals surface area contributed by atoms with Crippen LogP contribution >= 0.6 is 0 Å². The van der Waals surface area contributed by atoms with E-state index in [1.165, 1.54) is 0 Å². The average Bonchev–Trinajstić information content (AvgIpc) is 2.09. The van der Waals surface area contributed by atoms with Crippen molar-refractivity contribution >= 4 is 5.78 Å². The molecule has 2 nitrogen and oxygen atoms in total. The second kappa shape index (κ2) is 5.09. The molecule has 0 unspecified atom stereocenters. The van der Waals surface area contributed by atoms with E-state index < -0.39 is 0 Å². The van der Waals surface area contributed by atoms with Gasteiger partial charge >= 0.3 is 0 Å². The van der Waals surface area contributed by atoms with Gasteiger partial charge in [0.1, 0.15) is 5.78 Å². The minimum absolute atomic E-state index is 0.227. The van der Waals surface area contributed by atoms with E-state index in [-0.39, 0.29) is 11.2 Å². The number of carbonyl (C=O) groups excluding carboxylic acids is 1. The topological polar surface area (TPSA) is 43.1 Å². The number of Topliss-reactive ketones (excluding diaryl/α,β-unsaturated/α-hetero) is 1. The zero-order valence-corrected chi connectivity index (χ0v) is 8.10. The fourth-order valence-electron chi connectivity index (χ4n) is 1.39. The maximum absolute atomic E-state index is 11.6. The fourth-order valence-corrected chi connectivity index (χ4v) is 1.39. The summed E-state index contributed by atoms with van der Waals surface area (Å²) < 4.78 is 0. The highest BCUT2D eigenvalue weighted by molar-refractivity contribution is 5.86. The van der Waals surface area contributed by atoms with Crippen molar-refractivity contribution < 1.29 is 4.79 Å². The van der Waals surface area contributed by atoms with Crippen molar-refractivity contribution in [1.29, 1.82) is 0 Å². The SMILES string of the molecule is C=CCC(=O)C(CC)(CC)CN. The molecule has 70 valence electrons. The zero-order valence-electron chi connectivity index (χ0n) is 8.10. The number of nitrogens with two attached hydrogens (primary N) is 1. The highest BCUT2D eigenvalue weighted by atomic mass is 16.1. The zero-order chi connectivity index (χ0) is 9.61. The first-order valence-electron chi connectivity index (χ1n) is 4.51. The molecule has 0 heterocycles. The van der Waals surface area contributed by atoms with Gasteiger partial charge in [-0.1, -0.05) is 19.9 Å². The van der Waals surface area contributed by atoms with Crippen LogP contribution < -0.4 is 5.73 Å². The summed E-state index contributed by atoms with van der Waals surface area (Å²) in [6.45, 7) is 8.03. The van der Waals surface area contributed by atoms with Gasteiger partial charge in [-0.3, -0.25) is 4.79 Å². The normalized spacial score (nSPS) is 11.2. The van der Waals surface area contributed by atoms with Crippen molar-refractivity contribution in [2.45, 2.75) is 33.1 Å². The van der Waals surface area contributed by atoms with Crippen LogP contribution in [0, 0.1) is 5.41 Å². The van der Waals surface area contributed by atoms with Gasteiger partial charge in [-0.05, 0) is 12.8 Å². The van der Waals surface area contributed by atoms with E-state index in [1.807, 2.05) is 13.8 Å². The van der Waals surface area contributed by atoms with E-state index >= 15 is 0 Å². The Balaban J connectivity index is 4.46. The average molecular weight is 169 g/mol. The van der Waals surface area contributed by atoms with E-state index in [4.69, 9.17) is 5.73 Å². The van der Waals surface area contributed by atoms with Gasteiger partial charge in [0, 0.05) is 18.4 Å². The van der Waals surface area contributed by atoms with E-state index in [9.17, 15) is 4.79 Å². The summed E-state index contributed by atoms with van der Waals surface area (Å²) in [7, 11) is 0. The predicted octanol–water partition coefficient (Wildman–Crippen LogP) is 1.90. The van der Waals surface area contributed by atoms with Crippen LogP contribution in [0.5, 0.6) is 0 Å². The first-order valence-corrected chi connectivity index (χ1v) is 4.51. The quantitative estimate of drug-likeness (QED) is 0.617. The molecular formula is C10H19NO. The van der Waals surface area contributed by atoms with Gasteiger partial charge in [0.25, 0.3) is 0 Å². The molecule has 0 aliphatic heterocycles. The van der Waals surface area contributed by atoms with Crippen LogP contribution in [0.15, 0.2) is 12.7 Å². The number of rotatable bonds is 6. The van der Waals surface area contributed by atoms with Gasteiger partial charge < -0.3 is 5.73 Å². The van der Waals surface area contributed by atoms with E-state index in [0.717, 1.165) is 12.8 Å². The number of hydrogen-bond donors (Lipinski definition) is 1. The number of hydrogen-bond acceptors (Lipinski definition) is 2. The Kier molecular flexibility index (Phi) is 4.83. The molecule has 0 rings (SSSR count). The molecule has 0 aromatic heterocycles. The monoisotopic (exact) mass is 169 g/mol. The van der Waals surface area contributed by atoms with Crippen LogP contribution in [0.3, 0.4) is 0 Å². The smallest absolute Gasteiger partial charge is 0.144 e. The molecule has 0 fully saturated rings. The van der Waals surface area contributed by atoms with Crippen molar-refractivity contribution in [3.8, 4) is 0 Å². The van der Waals surface area contributed by atoms with Crippen LogP contribution in [0.2, 0.25) is 0 Å². The molecule has 0 aliphatic rings. The van der Waals surface area contributed by atoms with Gasteiger partial charge in [0.15, 0.2) is 0 Å². The molecular weight excluding hydrogens is 150 g/mol. The lowest BCUT2D eigenvalue weighted by Gasteiger charge is -2.27. The number of carbonyl (C=O) groups is 1. The van der Waals surface area contributed by atoms with Crippen LogP contribution in [0.25, 0.3) is 0 Å². The largest absolute Gasteiger partial charge is 0.329 e. The molecule has 0 aromatic carbocycles. The van der Waals surface area contributed by atoms with E-state index in [2.05, 4.69) is 6.58 Å². The van der Waals surface area contributed by atoms with E-state index in [0.29, 0.717) is 13.0 Å². The van der Waals surface area contributed by atoms with Crippen molar-refractivity contribution in [2.75, 3.05) is 6.54 Å².